The number of nitrogens with one attached hydrogen (secondary N) is 1. The first kappa shape index (κ1) is 8.95. The number of pyridine rings is 1. The van der Waals surface area contributed by atoms with Gasteiger partial charge in [0.1, 0.15) is 0 Å². The van der Waals surface area contributed by atoms with Crippen molar-refractivity contribution in [1.82, 2.24) is 9.71 Å². The third-order valence-corrected chi connectivity index (χ3v) is 2.63. The van der Waals surface area contributed by atoms with Crippen LogP contribution in [0.5, 0.6) is 0 Å². The summed E-state index contributed by atoms with van der Waals surface area (Å²) in [5.74, 6) is 0. The van der Waals surface area contributed by atoms with E-state index in [1.54, 1.807) is 0 Å². The molecule has 0 atom stereocenters. The maximum absolute atomic E-state index is 11.1. The summed E-state index contributed by atoms with van der Waals surface area (Å²) in [7, 11) is -2.10. The van der Waals surface area contributed by atoms with Gasteiger partial charge < -0.3 is 5.73 Å². The molecule has 0 radical (unpaired) electrons. The Morgan fingerprint density at radius 1 is 1.50 bits per heavy atom. The number of nitrogens with two attached hydrogens (primary N) is 1. The lowest BCUT2D eigenvalue weighted by Gasteiger charge is -2.00. The van der Waals surface area contributed by atoms with Crippen LogP contribution in [0.3, 0.4) is 0 Å². The van der Waals surface area contributed by atoms with E-state index in [2.05, 4.69) is 9.71 Å². The van der Waals surface area contributed by atoms with Gasteiger partial charge in [0.25, 0.3) is 10.0 Å². The Morgan fingerprint density at radius 2 is 2.17 bits per heavy atom. The van der Waals surface area contributed by atoms with Gasteiger partial charge in [0.05, 0.1) is 11.9 Å². The number of nitrogens with zero attached hydrogens (tertiary/aromatic N) is 1. The standard InChI is InChI=1S/C6H9N3O2S/c1-8-12(10,11)6-3-2-5(7)4-9-6/h2-4,8H,7H2,1H3. The zero-order valence-electron chi connectivity index (χ0n) is 6.48. The molecule has 0 saturated carbocycles. The van der Waals surface area contributed by atoms with Gasteiger partial charge in [0.2, 0.25) is 0 Å². The molecule has 0 amide bonds. The van der Waals surface area contributed by atoms with Gasteiger partial charge in [-0.05, 0) is 19.2 Å². The van der Waals surface area contributed by atoms with Crippen molar-refractivity contribution >= 4 is 15.7 Å². The highest BCUT2D eigenvalue weighted by Crippen LogP contribution is 2.06. The SMILES string of the molecule is CNS(=O)(=O)c1ccc(N)cn1. The second kappa shape index (κ2) is 3.08. The average molecular weight is 187 g/mol. The quantitative estimate of drug-likeness (QED) is 0.658. The van der Waals surface area contributed by atoms with Gasteiger partial charge in [-0.25, -0.2) is 18.1 Å². The largest absolute Gasteiger partial charge is 0.397 e. The van der Waals surface area contributed by atoms with E-state index in [9.17, 15) is 8.42 Å². The third kappa shape index (κ3) is 1.72. The van der Waals surface area contributed by atoms with Gasteiger partial charge in [-0.3, -0.25) is 0 Å². The van der Waals surface area contributed by atoms with E-state index in [-0.39, 0.29) is 5.03 Å². The molecule has 1 aromatic rings. The van der Waals surface area contributed by atoms with E-state index < -0.39 is 10.0 Å². The Balaban J connectivity index is 3.14. The number of anilines is 1. The van der Waals surface area contributed by atoms with Crippen LogP contribution >= 0.6 is 0 Å². The van der Waals surface area contributed by atoms with Gasteiger partial charge in [-0.15, -0.1) is 0 Å². The molecule has 0 aliphatic rings. The Bertz CT molecular complexity index is 357. The van der Waals surface area contributed by atoms with Crippen molar-refractivity contribution in [2.75, 3.05) is 12.8 Å². The van der Waals surface area contributed by atoms with Crippen molar-refractivity contribution in [3.8, 4) is 0 Å². The third-order valence-electron chi connectivity index (χ3n) is 1.30. The van der Waals surface area contributed by atoms with Gasteiger partial charge in [0, 0.05) is 0 Å². The van der Waals surface area contributed by atoms with E-state index in [1.165, 1.54) is 25.4 Å². The van der Waals surface area contributed by atoms with Crippen LogP contribution in [0.1, 0.15) is 0 Å². The molecule has 0 aliphatic carbocycles. The zero-order chi connectivity index (χ0) is 9.19. The van der Waals surface area contributed by atoms with Crippen LogP contribution in [-0.4, -0.2) is 20.4 Å². The monoisotopic (exact) mass is 187 g/mol. The highest BCUT2D eigenvalue weighted by atomic mass is 32.2. The van der Waals surface area contributed by atoms with Crippen molar-refractivity contribution in [2.24, 2.45) is 0 Å². The van der Waals surface area contributed by atoms with Gasteiger partial charge in [0.15, 0.2) is 5.03 Å². The fourth-order valence-corrected chi connectivity index (χ4v) is 1.30. The number of sulfonamides is 1. The van der Waals surface area contributed by atoms with E-state index in [0.29, 0.717) is 5.69 Å². The molecular formula is C6H9N3O2S. The lowest BCUT2D eigenvalue weighted by Crippen LogP contribution is -2.19. The van der Waals surface area contributed by atoms with Crippen molar-refractivity contribution < 1.29 is 8.42 Å². The molecule has 1 rings (SSSR count). The predicted octanol–water partition coefficient (Wildman–Crippen LogP) is -0.428. The van der Waals surface area contributed by atoms with Crippen LogP contribution in [0.15, 0.2) is 23.4 Å². The summed E-state index contributed by atoms with van der Waals surface area (Å²) >= 11 is 0. The minimum Gasteiger partial charge on any atom is -0.397 e. The summed E-state index contributed by atoms with van der Waals surface area (Å²) in [6, 6.07) is 2.83. The first-order valence-corrected chi connectivity index (χ1v) is 4.69. The van der Waals surface area contributed by atoms with Crippen LogP contribution in [0.4, 0.5) is 5.69 Å². The summed E-state index contributed by atoms with van der Waals surface area (Å²) in [6.07, 6.45) is 1.30. The molecule has 5 nitrogen and oxygen atoms in total. The molecule has 0 aliphatic heterocycles. The minimum atomic E-state index is -3.43. The molecule has 66 valence electrons. The zero-order valence-corrected chi connectivity index (χ0v) is 7.30. The summed E-state index contributed by atoms with van der Waals surface area (Å²) in [6.45, 7) is 0. The van der Waals surface area contributed by atoms with E-state index in [4.69, 9.17) is 5.73 Å². The van der Waals surface area contributed by atoms with Crippen molar-refractivity contribution in [2.45, 2.75) is 5.03 Å². The number of rotatable bonds is 2. The van der Waals surface area contributed by atoms with E-state index >= 15 is 0 Å². The smallest absolute Gasteiger partial charge is 0.257 e. The van der Waals surface area contributed by atoms with E-state index in [0.717, 1.165) is 0 Å². The average Bonchev–Trinajstić information content (AvgIpc) is 2.05. The van der Waals surface area contributed by atoms with Crippen LogP contribution in [0, 0.1) is 0 Å². The first-order chi connectivity index (χ1) is 5.56. The topological polar surface area (TPSA) is 85.1 Å². The maximum Gasteiger partial charge on any atom is 0.257 e. The Morgan fingerprint density at radius 3 is 2.58 bits per heavy atom. The molecule has 0 aromatic carbocycles. The van der Waals surface area contributed by atoms with Gasteiger partial charge in [-0.2, -0.15) is 0 Å². The summed E-state index contributed by atoms with van der Waals surface area (Å²) in [5, 5.41) is -0.0285. The highest BCUT2D eigenvalue weighted by Gasteiger charge is 2.11. The molecule has 12 heavy (non-hydrogen) atoms. The number of hydrogen-bond acceptors (Lipinski definition) is 4. The lowest BCUT2D eigenvalue weighted by molar-refractivity contribution is 0.584. The molecule has 1 aromatic heterocycles. The molecule has 0 saturated heterocycles. The second-order valence-corrected chi connectivity index (χ2v) is 3.97. The fourth-order valence-electron chi connectivity index (χ4n) is 0.655. The molecule has 0 unspecified atom stereocenters. The summed E-state index contributed by atoms with van der Waals surface area (Å²) in [5.41, 5.74) is 5.77. The minimum absolute atomic E-state index is 0.0285. The highest BCUT2D eigenvalue weighted by molar-refractivity contribution is 7.89. The Hall–Kier alpha value is -1.14. The molecule has 0 fully saturated rings. The Kier molecular flexibility index (Phi) is 2.30. The molecule has 6 heteroatoms. The van der Waals surface area contributed by atoms with Crippen LogP contribution < -0.4 is 10.5 Å². The number of nitrogen functional groups attached to an aromatic ring is 1. The summed E-state index contributed by atoms with van der Waals surface area (Å²) < 4.78 is 24.3. The maximum atomic E-state index is 11.1. The van der Waals surface area contributed by atoms with Crippen molar-refractivity contribution in [3.05, 3.63) is 18.3 Å². The molecule has 3 N–H and O–H groups in total. The van der Waals surface area contributed by atoms with Gasteiger partial charge in [-0.1, -0.05) is 0 Å². The molecule has 0 bridgehead atoms. The van der Waals surface area contributed by atoms with Crippen LogP contribution in [-0.2, 0) is 10.0 Å². The van der Waals surface area contributed by atoms with Crippen LogP contribution in [0.25, 0.3) is 0 Å². The van der Waals surface area contributed by atoms with Gasteiger partial charge >= 0.3 is 0 Å². The summed E-state index contributed by atoms with van der Waals surface area (Å²) in [4.78, 5) is 3.65. The lowest BCUT2D eigenvalue weighted by atomic mass is 10.4. The van der Waals surface area contributed by atoms with Crippen molar-refractivity contribution in [1.29, 1.82) is 0 Å². The Labute approximate surface area is 70.7 Å². The van der Waals surface area contributed by atoms with Crippen molar-refractivity contribution in [3.63, 3.8) is 0 Å². The number of aromatic nitrogens is 1. The van der Waals surface area contributed by atoms with E-state index in [1.807, 2.05) is 0 Å². The predicted molar refractivity (Wildman–Crippen MR) is 44.9 cm³/mol. The molecule has 0 spiro atoms. The first-order valence-electron chi connectivity index (χ1n) is 3.21. The van der Waals surface area contributed by atoms with Crippen LogP contribution in [0.2, 0.25) is 0 Å². The molecule has 1 heterocycles. The molecular weight excluding hydrogens is 178 g/mol. The normalized spacial score (nSPS) is 11.4. The fraction of sp³-hybridized carbons (Fsp3) is 0.167. The second-order valence-electron chi connectivity index (χ2n) is 2.14. The number of hydrogen-bond donors (Lipinski definition) is 2.